The molecule has 4 nitrogen and oxygen atoms in total. The summed E-state index contributed by atoms with van der Waals surface area (Å²) in [6.45, 7) is 5.83. The van der Waals surface area contributed by atoms with Gasteiger partial charge in [0.25, 0.3) is 0 Å². The maximum absolute atomic E-state index is 10.9. The molecule has 0 radical (unpaired) electrons. The number of carbonyl (C=O) groups excluding carboxylic acids is 1. The minimum atomic E-state index is -0.404. The molecule has 94 valence electrons. The molecule has 1 atom stereocenters. The lowest BCUT2D eigenvalue weighted by Gasteiger charge is -2.19. The standard InChI is InChI=1S/C13H21N3O/c1-9(2)11(7-14)8-16-12-5-3-10(4-6-12)13(15)17/h3-6,9,11,16H,7-8,14H2,1-2H3,(H2,15,17). The van der Waals surface area contributed by atoms with Crippen molar-refractivity contribution in [2.75, 3.05) is 18.4 Å². The predicted molar refractivity (Wildman–Crippen MR) is 70.8 cm³/mol. The summed E-state index contributed by atoms with van der Waals surface area (Å²) in [5, 5.41) is 3.31. The van der Waals surface area contributed by atoms with Crippen molar-refractivity contribution in [3.63, 3.8) is 0 Å². The van der Waals surface area contributed by atoms with Gasteiger partial charge in [-0.05, 0) is 42.6 Å². The Morgan fingerprint density at radius 1 is 1.29 bits per heavy atom. The minimum Gasteiger partial charge on any atom is -0.385 e. The molecule has 0 spiro atoms. The monoisotopic (exact) mass is 235 g/mol. The number of rotatable bonds is 6. The van der Waals surface area contributed by atoms with E-state index in [1.807, 2.05) is 12.1 Å². The summed E-state index contributed by atoms with van der Waals surface area (Å²) in [4.78, 5) is 10.9. The van der Waals surface area contributed by atoms with Gasteiger partial charge in [0.15, 0.2) is 0 Å². The number of nitrogens with two attached hydrogens (primary N) is 2. The number of hydrogen-bond acceptors (Lipinski definition) is 3. The van der Waals surface area contributed by atoms with Crippen molar-refractivity contribution in [3.8, 4) is 0 Å². The zero-order valence-corrected chi connectivity index (χ0v) is 10.4. The fraction of sp³-hybridized carbons (Fsp3) is 0.462. The molecule has 17 heavy (non-hydrogen) atoms. The smallest absolute Gasteiger partial charge is 0.248 e. The Labute approximate surface area is 102 Å². The van der Waals surface area contributed by atoms with Gasteiger partial charge in [0.2, 0.25) is 5.91 Å². The van der Waals surface area contributed by atoms with Crippen LogP contribution in [0.5, 0.6) is 0 Å². The molecule has 0 saturated heterocycles. The number of primary amides is 1. The number of nitrogens with one attached hydrogen (secondary N) is 1. The molecule has 0 saturated carbocycles. The Kier molecular flexibility index (Phi) is 4.97. The quantitative estimate of drug-likeness (QED) is 0.697. The Bertz CT molecular complexity index is 359. The Hall–Kier alpha value is -1.55. The molecule has 0 bridgehead atoms. The van der Waals surface area contributed by atoms with Gasteiger partial charge in [-0.1, -0.05) is 13.8 Å². The highest BCUT2D eigenvalue weighted by Crippen LogP contribution is 2.13. The van der Waals surface area contributed by atoms with Crippen molar-refractivity contribution in [1.29, 1.82) is 0 Å². The molecular weight excluding hydrogens is 214 g/mol. The SMILES string of the molecule is CC(C)C(CN)CNc1ccc(C(N)=O)cc1. The maximum atomic E-state index is 10.9. The number of carbonyl (C=O) groups is 1. The summed E-state index contributed by atoms with van der Waals surface area (Å²) in [5.41, 5.74) is 12.4. The van der Waals surface area contributed by atoms with E-state index in [0.29, 0.717) is 23.9 Å². The van der Waals surface area contributed by atoms with Crippen LogP contribution in [-0.2, 0) is 0 Å². The van der Waals surface area contributed by atoms with Gasteiger partial charge in [-0.15, -0.1) is 0 Å². The third-order valence-electron chi connectivity index (χ3n) is 2.98. The molecule has 1 aromatic carbocycles. The lowest BCUT2D eigenvalue weighted by molar-refractivity contribution is 0.100. The second kappa shape index (κ2) is 6.25. The largest absolute Gasteiger partial charge is 0.385 e. The predicted octanol–water partition coefficient (Wildman–Crippen LogP) is 1.43. The highest BCUT2D eigenvalue weighted by molar-refractivity contribution is 5.93. The van der Waals surface area contributed by atoms with Gasteiger partial charge in [0.1, 0.15) is 0 Å². The number of amides is 1. The molecule has 0 aliphatic rings. The fourth-order valence-electron chi connectivity index (χ4n) is 1.59. The van der Waals surface area contributed by atoms with Gasteiger partial charge in [-0.2, -0.15) is 0 Å². The van der Waals surface area contributed by atoms with Crippen molar-refractivity contribution < 1.29 is 4.79 Å². The second-order valence-electron chi connectivity index (χ2n) is 4.56. The summed E-state index contributed by atoms with van der Waals surface area (Å²) in [6.07, 6.45) is 0. The molecule has 0 fully saturated rings. The van der Waals surface area contributed by atoms with E-state index in [4.69, 9.17) is 11.5 Å². The lowest BCUT2D eigenvalue weighted by atomic mass is 9.96. The third kappa shape index (κ3) is 4.07. The average Bonchev–Trinajstić information content (AvgIpc) is 2.30. The highest BCUT2D eigenvalue weighted by atomic mass is 16.1. The topological polar surface area (TPSA) is 81.1 Å². The second-order valence-corrected chi connectivity index (χ2v) is 4.56. The number of benzene rings is 1. The maximum Gasteiger partial charge on any atom is 0.248 e. The van der Waals surface area contributed by atoms with Crippen molar-refractivity contribution >= 4 is 11.6 Å². The summed E-state index contributed by atoms with van der Waals surface area (Å²) in [6, 6.07) is 7.15. The molecule has 0 aliphatic carbocycles. The summed E-state index contributed by atoms with van der Waals surface area (Å²) in [7, 11) is 0. The van der Waals surface area contributed by atoms with Crippen LogP contribution in [0.25, 0.3) is 0 Å². The van der Waals surface area contributed by atoms with Crippen LogP contribution < -0.4 is 16.8 Å². The van der Waals surface area contributed by atoms with Crippen LogP contribution in [0.4, 0.5) is 5.69 Å². The normalized spacial score (nSPS) is 12.5. The molecule has 1 rings (SSSR count). The van der Waals surface area contributed by atoms with E-state index in [9.17, 15) is 4.79 Å². The summed E-state index contributed by atoms with van der Waals surface area (Å²) in [5.74, 6) is 0.599. The first kappa shape index (κ1) is 13.5. The van der Waals surface area contributed by atoms with Crippen molar-refractivity contribution in [2.45, 2.75) is 13.8 Å². The molecule has 1 amide bonds. The van der Waals surface area contributed by atoms with Gasteiger partial charge in [0.05, 0.1) is 0 Å². The van der Waals surface area contributed by atoms with E-state index in [0.717, 1.165) is 12.2 Å². The molecule has 0 aromatic heterocycles. The van der Waals surface area contributed by atoms with Crippen LogP contribution in [-0.4, -0.2) is 19.0 Å². The van der Waals surface area contributed by atoms with Crippen molar-refractivity contribution in [3.05, 3.63) is 29.8 Å². The van der Waals surface area contributed by atoms with E-state index >= 15 is 0 Å². The molecule has 0 aliphatic heterocycles. The van der Waals surface area contributed by atoms with Crippen LogP contribution in [0.1, 0.15) is 24.2 Å². The number of hydrogen-bond donors (Lipinski definition) is 3. The van der Waals surface area contributed by atoms with Gasteiger partial charge in [-0.3, -0.25) is 4.79 Å². The minimum absolute atomic E-state index is 0.404. The van der Waals surface area contributed by atoms with Crippen molar-refractivity contribution in [1.82, 2.24) is 0 Å². The van der Waals surface area contributed by atoms with Crippen LogP contribution in [0.3, 0.4) is 0 Å². The fourth-order valence-corrected chi connectivity index (χ4v) is 1.59. The van der Waals surface area contributed by atoms with E-state index in [1.54, 1.807) is 12.1 Å². The molecule has 0 heterocycles. The Morgan fingerprint density at radius 2 is 1.88 bits per heavy atom. The highest BCUT2D eigenvalue weighted by Gasteiger charge is 2.10. The van der Waals surface area contributed by atoms with Gasteiger partial charge >= 0.3 is 0 Å². The van der Waals surface area contributed by atoms with Gasteiger partial charge in [0, 0.05) is 17.8 Å². The van der Waals surface area contributed by atoms with E-state index in [1.165, 1.54) is 0 Å². The molecule has 1 aromatic rings. The summed E-state index contributed by atoms with van der Waals surface area (Å²) >= 11 is 0. The van der Waals surface area contributed by atoms with Crippen LogP contribution in [0, 0.1) is 11.8 Å². The lowest BCUT2D eigenvalue weighted by Crippen LogP contribution is -2.27. The zero-order valence-electron chi connectivity index (χ0n) is 10.4. The molecule has 5 N–H and O–H groups in total. The van der Waals surface area contributed by atoms with Crippen LogP contribution in [0.15, 0.2) is 24.3 Å². The first-order chi connectivity index (χ1) is 8.04. The molecule has 1 unspecified atom stereocenters. The van der Waals surface area contributed by atoms with E-state index in [-0.39, 0.29) is 0 Å². The molecular formula is C13H21N3O. The third-order valence-corrected chi connectivity index (χ3v) is 2.98. The zero-order chi connectivity index (χ0) is 12.8. The van der Waals surface area contributed by atoms with E-state index < -0.39 is 5.91 Å². The first-order valence-corrected chi connectivity index (χ1v) is 5.88. The summed E-state index contributed by atoms with van der Waals surface area (Å²) < 4.78 is 0. The molecule has 4 heteroatoms. The Morgan fingerprint density at radius 3 is 2.29 bits per heavy atom. The van der Waals surface area contributed by atoms with Crippen LogP contribution >= 0.6 is 0 Å². The van der Waals surface area contributed by atoms with Gasteiger partial charge < -0.3 is 16.8 Å². The van der Waals surface area contributed by atoms with Gasteiger partial charge in [-0.25, -0.2) is 0 Å². The average molecular weight is 235 g/mol. The number of anilines is 1. The van der Waals surface area contributed by atoms with Crippen LogP contribution in [0.2, 0.25) is 0 Å². The van der Waals surface area contributed by atoms with Crippen molar-refractivity contribution in [2.24, 2.45) is 23.3 Å². The first-order valence-electron chi connectivity index (χ1n) is 5.88. The van der Waals surface area contributed by atoms with E-state index in [2.05, 4.69) is 19.2 Å². The Balaban J connectivity index is 2.55.